The van der Waals surface area contributed by atoms with Gasteiger partial charge in [0.15, 0.2) is 0 Å². The zero-order valence-electron chi connectivity index (χ0n) is 8.53. The minimum atomic E-state index is 0.222. The van der Waals surface area contributed by atoms with E-state index in [4.69, 9.17) is 10.6 Å². The van der Waals surface area contributed by atoms with Crippen molar-refractivity contribution in [1.82, 2.24) is 5.43 Å². The van der Waals surface area contributed by atoms with E-state index >= 15 is 0 Å². The highest BCUT2D eigenvalue weighted by atomic mass is 32.1. The number of thiophene rings is 1. The molecule has 1 heterocycles. The normalized spacial score (nSPS) is 13.0. The summed E-state index contributed by atoms with van der Waals surface area (Å²) in [6.45, 7) is 3.59. The Morgan fingerprint density at radius 3 is 3.07 bits per heavy atom. The summed E-state index contributed by atoms with van der Waals surface area (Å²) in [4.78, 5) is 1.34. The molecule has 0 amide bonds. The van der Waals surface area contributed by atoms with Crippen LogP contribution in [0.3, 0.4) is 0 Å². The fraction of sp³-hybridized carbons (Fsp3) is 0.600. The van der Waals surface area contributed by atoms with Gasteiger partial charge in [0.05, 0.1) is 6.61 Å². The molecule has 0 radical (unpaired) electrons. The van der Waals surface area contributed by atoms with Crippen molar-refractivity contribution >= 4 is 11.3 Å². The molecule has 1 atom stereocenters. The molecule has 0 fully saturated rings. The largest absolute Gasteiger partial charge is 0.380 e. The molecule has 0 aliphatic rings. The van der Waals surface area contributed by atoms with Crippen molar-refractivity contribution in [3.8, 4) is 0 Å². The molecule has 0 saturated carbocycles. The molecule has 1 unspecified atom stereocenters. The van der Waals surface area contributed by atoms with Crippen LogP contribution in [0, 0.1) is 0 Å². The van der Waals surface area contributed by atoms with Gasteiger partial charge in [-0.05, 0) is 17.9 Å². The number of ether oxygens (including phenoxy) is 1. The fourth-order valence-electron chi connectivity index (χ4n) is 1.21. The predicted molar refractivity (Wildman–Crippen MR) is 60.2 cm³/mol. The Balaban J connectivity index is 2.24. The van der Waals surface area contributed by atoms with Crippen molar-refractivity contribution in [3.05, 3.63) is 22.4 Å². The van der Waals surface area contributed by atoms with Crippen molar-refractivity contribution in [2.75, 3.05) is 13.2 Å². The quantitative estimate of drug-likeness (QED) is 0.411. The summed E-state index contributed by atoms with van der Waals surface area (Å²) in [5, 5.41) is 2.08. The molecule has 14 heavy (non-hydrogen) atoms. The average molecular weight is 214 g/mol. The molecular weight excluding hydrogens is 196 g/mol. The van der Waals surface area contributed by atoms with E-state index in [1.807, 2.05) is 0 Å². The van der Waals surface area contributed by atoms with Crippen molar-refractivity contribution in [2.45, 2.75) is 25.8 Å². The standard InChI is InChI=1S/C10H18N2OS/c1-2-5-13-8-9(12-11)7-10-4-3-6-14-10/h3-4,6,9,12H,2,5,7-8,11H2,1H3. The highest BCUT2D eigenvalue weighted by Crippen LogP contribution is 2.10. The van der Waals surface area contributed by atoms with Gasteiger partial charge in [0, 0.05) is 23.9 Å². The number of hydrazine groups is 1. The summed E-state index contributed by atoms with van der Waals surface area (Å²) in [5.74, 6) is 5.45. The van der Waals surface area contributed by atoms with Gasteiger partial charge in [-0.1, -0.05) is 13.0 Å². The van der Waals surface area contributed by atoms with Gasteiger partial charge in [-0.25, -0.2) is 0 Å². The molecule has 0 saturated heterocycles. The number of hydrogen-bond donors (Lipinski definition) is 2. The molecule has 4 heteroatoms. The van der Waals surface area contributed by atoms with Crippen molar-refractivity contribution < 1.29 is 4.74 Å². The van der Waals surface area contributed by atoms with E-state index in [1.54, 1.807) is 11.3 Å². The van der Waals surface area contributed by atoms with Crippen LogP contribution in [0.25, 0.3) is 0 Å². The predicted octanol–water partition coefficient (Wildman–Crippen LogP) is 1.55. The molecule has 3 N–H and O–H groups in total. The van der Waals surface area contributed by atoms with Crippen LogP contribution in [0.1, 0.15) is 18.2 Å². The number of nitrogens with one attached hydrogen (secondary N) is 1. The van der Waals surface area contributed by atoms with Gasteiger partial charge in [-0.2, -0.15) is 0 Å². The van der Waals surface area contributed by atoms with Gasteiger partial charge < -0.3 is 4.74 Å². The molecule has 0 bridgehead atoms. The van der Waals surface area contributed by atoms with Crippen LogP contribution in [-0.4, -0.2) is 19.3 Å². The monoisotopic (exact) mass is 214 g/mol. The Morgan fingerprint density at radius 2 is 2.50 bits per heavy atom. The average Bonchev–Trinajstić information content (AvgIpc) is 2.69. The van der Waals surface area contributed by atoms with E-state index in [1.165, 1.54) is 4.88 Å². The third-order valence-corrected chi connectivity index (χ3v) is 2.83. The minimum absolute atomic E-state index is 0.222. The topological polar surface area (TPSA) is 47.3 Å². The van der Waals surface area contributed by atoms with Crippen LogP contribution in [0.5, 0.6) is 0 Å². The van der Waals surface area contributed by atoms with Crippen LogP contribution < -0.4 is 11.3 Å². The lowest BCUT2D eigenvalue weighted by Gasteiger charge is -2.14. The lowest BCUT2D eigenvalue weighted by atomic mass is 10.2. The van der Waals surface area contributed by atoms with Gasteiger partial charge in [-0.15, -0.1) is 11.3 Å². The van der Waals surface area contributed by atoms with Gasteiger partial charge in [0.25, 0.3) is 0 Å². The Labute approximate surface area is 89.2 Å². The van der Waals surface area contributed by atoms with E-state index in [-0.39, 0.29) is 6.04 Å². The molecule has 0 aliphatic carbocycles. The van der Waals surface area contributed by atoms with Crippen LogP contribution >= 0.6 is 11.3 Å². The lowest BCUT2D eigenvalue weighted by Crippen LogP contribution is -2.40. The molecular formula is C10H18N2OS. The minimum Gasteiger partial charge on any atom is -0.380 e. The van der Waals surface area contributed by atoms with Gasteiger partial charge in [0.2, 0.25) is 0 Å². The fourth-order valence-corrected chi connectivity index (χ4v) is 1.99. The highest BCUT2D eigenvalue weighted by molar-refractivity contribution is 7.09. The highest BCUT2D eigenvalue weighted by Gasteiger charge is 2.07. The first-order valence-corrected chi connectivity index (χ1v) is 5.81. The molecule has 0 spiro atoms. The van der Waals surface area contributed by atoms with Crippen LogP contribution in [0.15, 0.2) is 17.5 Å². The zero-order chi connectivity index (χ0) is 10.2. The second-order valence-corrected chi connectivity index (χ2v) is 4.25. The maximum Gasteiger partial charge on any atom is 0.0636 e. The van der Waals surface area contributed by atoms with Crippen LogP contribution in [0.4, 0.5) is 0 Å². The summed E-state index contributed by atoms with van der Waals surface area (Å²) in [5.41, 5.74) is 2.78. The Kier molecular flexibility index (Phi) is 5.78. The first-order valence-electron chi connectivity index (χ1n) is 4.93. The van der Waals surface area contributed by atoms with E-state index < -0.39 is 0 Å². The molecule has 0 aromatic carbocycles. The number of nitrogens with two attached hydrogens (primary N) is 1. The third-order valence-electron chi connectivity index (χ3n) is 1.93. The van der Waals surface area contributed by atoms with E-state index in [0.29, 0.717) is 6.61 Å². The van der Waals surface area contributed by atoms with Crippen molar-refractivity contribution in [3.63, 3.8) is 0 Å². The maximum atomic E-state index is 5.45. The molecule has 1 aromatic rings. The Bertz CT molecular complexity index is 226. The van der Waals surface area contributed by atoms with Crippen molar-refractivity contribution in [2.24, 2.45) is 5.84 Å². The number of rotatable bonds is 7. The van der Waals surface area contributed by atoms with Crippen LogP contribution in [0.2, 0.25) is 0 Å². The SMILES string of the molecule is CCCOCC(Cc1cccs1)NN. The van der Waals surface area contributed by atoms with Gasteiger partial charge in [-0.3, -0.25) is 11.3 Å². The summed E-state index contributed by atoms with van der Waals surface area (Å²) in [6.07, 6.45) is 1.99. The van der Waals surface area contributed by atoms with E-state index in [0.717, 1.165) is 19.4 Å². The molecule has 3 nitrogen and oxygen atoms in total. The molecule has 80 valence electrons. The Morgan fingerprint density at radius 1 is 1.64 bits per heavy atom. The molecule has 1 rings (SSSR count). The lowest BCUT2D eigenvalue weighted by molar-refractivity contribution is 0.112. The first kappa shape index (κ1) is 11.7. The van der Waals surface area contributed by atoms with E-state index in [9.17, 15) is 0 Å². The molecule has 0 aliphatic heterocycles. The zero-order valence-corrected chi connectivity index (χ0v) is 9.35. The summed E-state index contributed by atoms with van der Waals surface area (Å²) >= 11 is 1.75. The van der Waals surface area contributed by atoms with Crippen molar-refractivity contribution in [1.29, 1.82) is 0 Å². The smallest absolute Gasteiger partial charge is 0.0636 e. The number of hydrogen-bond acceptors (Lipinski definition) is 4. The maximum absolute atomic E-state index is 5.45. The van der Waals surface area contributed by atoms with Gasteiger partial charge in [0.1, 0.15) is 0 Å². The Hall–Kier alpha value is -0.420. The first-order chi connectivity index (χ1) is 6.86. The summed E-state index contributed by atoms with van der Waals surface area (Å²) < 4.78 is 5.45. The summed E-state index contributed by atoms with van der Waals surface area (Å²) in [7, 11) is 0. The van der Waals surface area contributed by atoms with E-state index in [2.05, 4.69) is 29.9 Å². The second-order valence-electron chi connectivity index (χ2n) is 3.22. The summed E-state index contributed by atoms with van der Waals surface area (Å²) in [6, 6.07) is 4.40. The third kappa shape index (κ3) is 4.19. The van der Waals surface area contributed by atoms with Gasteiger partial charge >= 0.3 is 0 Å². The molecule has 1 aromatic heterocycles. The van der Waals surface area contributed by atoms with Crippen LogP contribution in [-0.2, 0) is 11.2 Å². The second kappa shape index (κ2) is 6.95.